The van der Waals surface area contributed by atoms with E-state index in [4.69, 9.17) is 9.47 Å². The molecule has 0 aromatic heterocycles. The van der Waals surface area contributed by atoms with E-state index in [-0.39, 0.29) is 5.91 Å². The van der Waals surface area contributed by atoms with E-state index in [2.05, 4.69) is 35.1 Å². The Labute approximate surface area is 157 Å². The third kappa shape index (κ3) is 5.78. The predicted octanol–water partition coefficient (Wildman–Crippen LogP) is 5.53. The van der Waals surface area contributed by atoms with Gasteiger partial charge in [0.1, 0.15) is 11.5 Å². The minimum absolute atomic E-state index is 0.229. The summed E-state index contributed by atoms with van der Waals surface area (Å²) in [6.45, 7) is 7.35. The summed E-state index contributed by atoms with van der Waals surface area (Å²) in [6.07, 6.45) is 0.878. The van der Waals surface area contributed by atoms with Gasteiger partial charge >= 0.3 is 0 Å². The van der Waals surface area contributed by atoms with Crippen molar-refractivity contribution in [3.8, 4) is 11.5 Å². The van der Waals surface area contributed by atoms with Gasteiger partial charge in [0, 0.05) is 4.47 Å². The first-order valence-corrected chi connectivity index (χ1v) is 9.26. The second-order valence-corrected chi connectivity index (χ2v) is 7.06. The lowest BCUT2D eigenvalue weighted by atomic mass is 10.1. The summed E-state index contributed by atoms with van der Waals surface area (Å²) in [7, 11) is 0. The maximum atomic E-state index is 12.8. The van der Waals surface area contributed by atoms with E-state index < -0.39 is 0 Å². The maximum Gasteiger partial charge on any atom is 0.259 e. The number of ether oxygens (including phenoxy) is 2. The van der Waals surface area contributed by atoms with Crippen molar-refractivity contribution >= 4 is 27.5 Å². The van der Waals surface area contributed by atoms with Gasteiger partial charge in [-0.25, -0.2) is 0 Å². The summed E-state index contributed by atoms with van der Waals surface area (Å²) >= 11 is 3.41. The van der Waals surface area contributed by atoms with Gasteiger partial charge in [-0.1, -0.05) is 48.8 Å². The average Bonchev–Trinajstić information content (AvgIpc) is 2.59. The molecule has 0 bridgehead atoms. The van der Waals surface area contributed by atoms with Crippen LogP contribution in [0.25, 0.3) is 0 Å². The van der Waals surface area contributed by atoms with Gasteiger partial charge in [0.05, 0.1) is 24.5 Å². The largest absolute Gasteiger partial charge is 0.493 e. The van der Waals surface area contributed by atoms with Crippen LogP contribution in [0.15, 0.2) is 46.9 Å². The molecule has 1 N–H and O–H groups in total. The fraction of sp³-hybridized carbons (Fsp3) is 0.350. The highest BCUT2D eigenvalue weighted by Crippen LogP contribution is 2.28. The number of hydrogen-bond donors (Lipinski definition) is 1. The Bertz CT molecular complexity index is 716. The van der Waals surface area contributed by atoms with Gasteiger partial charge in [0.25, 0.3) is 5.91 Å². The molecular formula is C20H24BrNO3. The van der Waals surface area contributed by atoms with E-state index in [1.165, 1.54) is 0 Å². The number of anilines is 1. The Morgan fingerprint density at radius 2 is 1.88 bits per heavy atom. The normalized spacial score (nSPS) is 10.6. The molecule has 2 aromatic rings. The number of carbonyl (C=O) groups excluding carboxylic acids is 1. The molecule has 0 radical (unpaired) electrons. The van der Waals surface area contributed by atoms with Crippen LogP contribution in [0.2, 0.25) is 0 Å². The van der Waals surface area contributed by atoms with Crippen LogP contribution < -0.4 is 14.8 Å². The fourth-order valence-electron chi connectivity index (χ4n) is 2.16. The molecule has 2 rings (SSSR count). The lowest BCUT2D eigenvalue weighted by Crippen LogP contribution is -2.15. The molecule has 25 heavy (non-hydrogen) atoms. The lowest BCUT2D eigenvalue weighted by molar-refractivity contribution is 0.102. The summed E-state index contributed by atoms with van der Waals surface area (Å²) in [6, 6.07) is 12.9. The van der Waals surface area contributed by atoms with E-state index in [9.17, 15) is 4.79 Å². The van der Waals surface area contributed by atoms with Gasteiger partial charge in [0.2, 0.25) is 0 Å². The van der Waals surface area contributed by atoms with Crippen molar-refractivity contribution in [1.82, 2.24) is 0 Å². The summed E-state index contributed by atoms with van der Waals surface area (Å²) in [5, 5.41) is 2.93. The van der Waals surface area contributed by atoms with E-state index in [0.29, 0.717) is 41.9 Å². The second-order valence-electron chi connectivity index (χ2n) is 6.14. The number of hydrogen-bond acceptors (Lipinski definition) is 3. The van der Waals surface area contributed by atoms with Crippen LogP contribution in [0.4, 0.5) is 5.69 Å². The van der Waals surface area contributed by atoms with Crippen molar-refractivity contribution < 1.29 is 14.3 Å². The van der Waals surface area contributed by atoms with Crippen LogP contribution in [-0.4, -0.2) is 19.1 Å². The smallest absolute Gasteiger partial charge is 0.259 e. The Morgan fingerprint density at radius 3 is 2.60 bits per heavy atom. The zero-order valence-corrected chi connectivity index (χ0v) is 16.4. The summed E-state index contributed by atoms with van der Waals surface area (Å²) < 4.78 is 12.3. The molecule has 0 aliphatic rings. The van der Waals surface area contributed by atoms with Crippen molar-refractivity contribution in [2.45, 2.75) is 27.2 Å². The second kappa shape index (κ2) is 9.47. The number of amides is 1. The molecule has 0 aliphatic carbocycles. The fourth-order valence-corrected chi connectivity index (χ4v) is 2.52. The van der Waals surface area contributed by atoms with Crippen LogP contribution in [0.1, 0.15) is 37.6 Å². The minimum atomic E-state index is -0.229. The molecule has 0 unspecified atom stereocenters. The highest BCUT2D eigenvalue weighted by molar-refractivity contribution is 9.10. The number of carbonyl (C=O) groups is 1. The topological polar surface area (TPSA) is 47.6 Å². The van der Waals surface area contributed by atoms with Crippen molar-refractivity contribution in [2.24, 2.45) is 5.92 Å². The number of nitrogens with one attached hydrogen (secondary N) is 1. The van der Waals surface area contributed by atoms with E-state index >= 15 is 0 Å². The lowest BCUT2D eigenvalue weighted by Gasteiger charge is -2.15. The molecule has 0 fully saturated rings. The molecule has 0 aliphatic heterocycles. The molecule has 0 saturated carbocycles. The molecule has 1 amide bonds. The standard InChI is InChI=1S/C20H24BrNO3/c1-4-11-24-18-10-9-15(21)12-16(18)20(23)22-17-7-5-6-8-19(17)25-13-14(2)3/h5-10,12,14H,4,11,13H2,1-3H3,(H,22,23). The van der Waals surface area contributed by atoms with Gasteiger partial charge in [0.15, 0.2) is 0 Å². The number of halogens is 1. The van der Waals surface area contributed by atoms with E-state index in [0.717, 1.165) is 10.9 Å². The van der Waals surface area contributed by atoms with Gasteiger partial charge in [-0.05, 0) is 42.7 Å². The predicted molar refractivity (Wildman–Crippen MR) is 105 cm³/mol. The van der Waals surface area contributed by atoms with Gasteiger partial charge in [-0.2, -0.15) is 0 Å². The molecule has 2 aromatic carbocycles. The molecule has 0 heterocycles. The summed E-state index contributed by atoms with van der Waals surface area (Å²) in [5.41, 5.74) is 1.14. The number of benzene rings is 2. The van der Waals surface area contributed by atoms with Crippen molar-refractivity contribution in [1.29, 1.82) is 0 Å². The third-order valence-electron chi connectivity index (χ3n) is 3.36. The van der Waals surface area contributed by atoms with Crippen LogP contribution >= 0.6 is 15.9 Å². The first kappa shape index (κ1) is 19.3. The highest BCUT2D eigenvalue weighted by atomic mass is 79.9. The highest BCUT2D eigenvalue weighted by Gasteiger charge is 2.15. The van der Waals surface area contributed by atoms with Gasteiger partial charge < -0.3 is 14.8 Å². The average molecular weight is 406 g/mol. The quantitative estimate of drug-likeness (QED) is 0.628. The molecule has 134 valence electrons. The summed E-state index contributed by atoms with van der Waals surface area (Å²) in [4.78, 5) is 12.8. The van der Waals surface area contributed by atoms with Crippen LogP contribution in [0.3, 0.4) is 0 Å². The minimum Gasteiger partial charge on any atom is -0.493 e. The van der Waals surface area contributed by atoms with Crippen molar-refractivity contribution in [3.05, 3.63) is 52.5 Å². The molecule has 0 atom stereocenters. The van der Waals surface area contributed by atoms with Crippen LogP contribution in [-0.2, 0) is 0 Å². The molecular weight excluding hydrogens is 382 g/mol. The monoisotopic (exact) mass is 405 g/mol. The van der Waals surface area contributed by atoms with Gasteiger partial charge in [-0.15, -0.1) is 0 Å². The Kier molecular flexibility index (Phi) is 7.31. The van der Waals surface area contributed by atoms with Crippen LogP contribution in [0, 0.1) is 5.92 Å². The first-order chi connectivity index (χ1) is 12.0. The Morgan fingerprint density at radius 1 is 1.12 bits per heavy atom. The van der Waals surface area contributed by atoms with E-state index in [1.807, 2.05) is 37.3 Å². The molecule has 0 saturated heterocycles. The number of para-hydroxylation sites is 2. The van der Waals surface area contributed by atoms with Crippen molar-refractivity contribution in [2.75, 3.05) is 18.5 Å². The molecule has 5 heteroatoms. The number of rotatable bonds is 8. The molecule has 4 nitrogen and oxygen atoms in total. The van der Waals surface area contributed by atoms with Gasteiger partial charge in [-0.3, -0.25) is 4.79 Å². The van der Waals surface area contributed by atoms with Crippen LogP contribution in [0.5, 0.6) is 11.5 Å². The SMILES string of the molecule is CCCOc1ccc(Br)cc1C(=O)Nc1ccccc1OCC(C)C. The third-order valence-corrected chi connectivity index (χ3v) is 3.85. The zero-order chi connectivity index (χ0) is 18.2. The Balaban J connectivity index is 2.21. The Hall–Kier alpha value is -2.01. The zero-order valence-electron chi connectivity index (χ0n) is 14.8. The molecule has 0 spiro atoms. The van der Waals surface area contributed by atoms with E-state index in [1.54, 1.807) is 12.1 Å². The first-order valence-electron chi connectivity index (χ1n) is 8.46. The van der Waals surface area contributed by atoms with Crippen molar-refractivity contribution in [3.63, 3.8) is 0 Å². The maximum absolute atomic E-state index is 12.8. The summed E-state index contributed by atoms with van der Waals surface area (Å²) in [5.74, 6) is 1.41.